The van der Waals surface area contributed by atoms with E-state index < -0.39 is 0 Å². The summed E-state index contributed by atoms with van der Waals surface area (Å²) in [6.45, 7) is 19.7. The molecule has 0 aromatic carbocycles. The van der Waals surface area contributed by atoms with E-state index >= 15 is 0 Å². The van der Waals surface area contributed by atoms with Crippen LogP contribution >= 0.6 is 11.8 Å². The van der Waals surface area contributed by atoms with Crippen molar-refractivity contribution in [3.63, 3.8) is 0 Å². The third kappa shape index (κ3) is 3.54. The minimum absolute atomic E-state index is 0.0206. The minimum Gasteiger partial charge on any atom is -0.495 e. The fourth-order valence-corrected chi connectivity index (χ4v) is 12.4. The highest BCUT2D eigenvalue weighted by molar-refractivity contribution is 8.01. The Balaban J connectivity index is 1.30. The highest BCUT2D eigenvalue weighted by atomic mass is 32.2. The maximum Gasteiger partial charge on any atom is 0.112 e. The van der Waals surface area contributed by atoms with Crippen LogP contribution in [0.4, 0.5) is 0 Å². The van der Waals surface area contributed by atoms with Crippen molar-refractivity contribution in [1.82, 2.24) is 0 Å². The lowest BCUT2D eigenvalue weighted by molar-refractivity contribution is -0.172. The second kappa shape index (κ2) is 8.78. The highest BCUT2D eigenvalue weighted by Gasteiger charge is 2.70. The standard InChI is InChI=1S/C34H55NO2S/c1-22(2)24(5)33-15-14-30(7)25-9-10-27-29(6)13-16-34(27,26(25)11-12-32(30,20-33)17-18-37-33)38-19-28(29)36-21-31(8,35)23(3)4/h11,17-18,22-25,27-28H,9-10,12-16,19-21,35H2,1-8H3/t24-,25?,27?,28?,29+,30?,31+,32-,33-,34?/m1/s1. The van der Waals surface area contributed by atoms with E-state index in [0.717, 1.165) is 11.7 Å². The maximum absolute atomic E-state index is 6.75. The summed E-state index contributed by atoms with van der Waals surface area (Å²) in [5.41, 5.74) is 9.11. The first kappa shape index (κ1) is 27.7. The van der Waals surface area contributed by atoms with Gasteiger partial charge in [-0.05, 0) is 105 Å². The first-order chi connectivity index (χ1) is 17.8. The van der Waals surface area contributed by atoms with E-state index in [-0.39, 0.29) is 22.0 Å². The molecule has 3 saturated carbocycles. The number of rotatable bonds is 6. The number of thioether (sulfide) groups is 1. The summed E-state index contributed by atoms with van der Waals surface area (Å²) < 4.78 is 13.7. The third-order valence-corrected chi connectivity index (χ3v) is 15.6. The Bertz CT molecular complexity index is 1020. The molecular formula is C34H55NO2S. The van der Waals surface area contributed by atoms with E-state index in [9.17, 15) is 0 Å². The predicted molar refractivity (Wildman–Crippen MR) is 160 cm³/mol. The van der Waals surface area contributed by atoms with Crippen LogP contribution in [-0.4, -0.2) is 34.4 Å². The lowest BCUT2D eigenvalue weighted by Crippen LogP contribution is -2.63. The molecule has 4 aliphatic carbocycles. The monoisotopic (exact) mass is 541 g/mol. The molecule has 2 N–H and O–H groups in total. The topological polar surface area (TPSA) is 44.5 Å². The molecule has 4 fully saturated rings. The number of ether oxygens (including phenoxy) is 2. The Morgan fingerprint density at radius 3 is 2.58 bits per heavy atom. The van der Waals surface area contributed by atoms with Crippen LogP contribution < -0.4 is 5.73 Å². The number of allylic oxidation sites excluding steroid dienone is 2. The van der Waals surface area contributed by atoms with Gasteiger partial charge in [-0.3, -0.25) is 0 Å². The van der Waals surface area contributed by atoms with E-state index in [1.165, 1.54) is 51.4 Å². The van der Waals surface area contributed by atoms with Gasteiger partial charge in [-0.1, -0.05) is 60.1 Å². The highest BCUT2D eigenvalue weighted by Crippen LogP contribution is 2.75. The molecule has 0 aromatic heterocycles. The van der Waals surface area contributed by atoms with Gasteiger partial charge in [0.1, 0.15) is 5.60 Å². The number of hydrogen-bond donors (Lipinski definition) is 1. The Morgan fingerprint density at radius 1 is 1.11 bits per heavy atom. The molecule has 2 aliphatic heterocycles. The number of fused-ring (bicyclic) bond motifs is 3. The zero-order valence-electron chi connectivity index (χ0n) is 25.6. The van der Waals surface area contributed by atoms with Crippen LogP contribution in [0.2, 0.25) is 0 Å². The van der Waals surface area contributed by atoms with Gasteiger partial charge in [-0.2, -0.15) is 0 Å². The molecule has 0 amide bonds. The molecule has 10 atom stereocenters. The lowest BCUT2D eigenvalue weighted by atomic mass is 9.41. The van der Waals surface area contributed by atoms with Crippen molar-refractivity contribution in [2.45, 2.75) is 129 Å². The molecule has 214 valence electrons. The van der Waals surface area contributed by atoms with E-state index in [0.29, 0.717) is 46.5 Å². The Labute approximate surface area is 237 Å². The van der Waals surface area contributed by atoms with Crippen LogP contribution in [0.5, 0.6) is 0 Å². The summed E-state index contributed by atoms with van der Waals surface area (Å²) in [6.07, 6.45) is 18.0. The van der Waals surface area contributed by atoms with Crippen LogP contribution in [0, 0.1) is 45.8 Å². The van der Waals surface area contributed by atoms with Crippen LogP contribution in [0.3, 0.4) is 0 Å². The molecule has 5 unspecified atom stereocenters. The van der Waals surface area contributed by atoms with Crippen molar-refractivity contribution in [1.29, 1.82) is 0 Å². The molecule has 0 radical (unpaired) electrons. The van der Waals surface area contributed by atoms with Crippen molar-refractivity contribution in [2.24, 2.45) is 51.6 Å². The van der Waals surface area contributed by atoms with Crippen molar-refractivity contribution in [3.05, 3.63) is 24.0 Å². The average Bonchev–Trinajstić information content (AvgIpc) is 3.09. The molecule has 1 saturated heterocycles. The van der Waals surface area contributed by atoms with Gasteiger partial charge in [-0.15, -0.1) is 11.8 Å². The van der Waals surface area contributed by atoms with Gasteiger partial charge in [0, 0.05) is 21.5 Å². The van der Waals surface area contributed by atoms with E-state index in [1.807, 2.05) is 5.57 Å². The fourth-order valence-electron chi connectivity index (χ4n) is 10.2. The van der Waals surface area contributed by atoms with Gasteiger partial charge < -0.3 is 15.2 Å². The van der Waals surface area contributed by atoms with Gasteiger partial charge in [0.15, 0.2) is 0 Å². The van der Waals surface area contributed by atoms with Gasteiger partial charge in [0.25, 0.3) is 0 Å². The molecule has 4 bridgehead atoms. The molecule has 3 nitrogen and oxygen atoms in total. The summed E-state index contributed by atoms with van der Waals surface area (Å²) in [6, 6.07) is 0. The summed E-state index contributed by atoms with van der Waals surface area (Å²) in [5, 5.41) is 0. The summed E-state index contributed by atoms with van der Waals surface area (Å²) in [4.78, 5) is 0. The fraction of sp³-hybridized carbons (Fsp3) is 0.882. The predicted octanol–water partition coefficient (Wildman–Crippen LogP) is 8.14. The second-order valence-corrected chi connectivity index (χ2v) is 17.3. The van der Waals surface area contributed by atoms with Crippen LogP contribution in [0.1, 0.15) is 107 Å². The number of nitrogens with two attached hydrogens (primary N) is 1. The SMILES string of the molecule is CC(C)[C@@H](C)[C@]12CCC3(C)C4CCC5C6(CC[C@]5(C)C(OC[C@](C)(N)C(C)C)CS6)C4=CC[C@@]3(C=CO1)C2. The molecule has 0 aromatic rings. The van der Waals surface area contributed by atoms with E-state index in [2.05, 4.69) is 85.6 Å². The molecule has 6 rings (SSSR count). The van der Waals surface area contributed by atoms with Gasteiger partial charge >= 0.3 is 0 Å². The van der Waals surface area contributed by atoms with Crippen molar-refractivity contribution in [2.75, 3.05) is 12.4 Å². The first-order valence-corrected chi connectivity index (χ1v) is 16.8. The van der Waals surface area contributed by atoms with Crippen molar-refractivity contribution in [3.8, 4) is 0 Å². The maximum atomic E-state index is 6.75. The zero-order valence-corrected chi connectivity index (χ0v) is 26.4. The first-order valence-electron chi connectivity index (χ1n) is 15.9. The van der Waals surface area contributed by atoms with E-state index in [1.54, 1.807) is 0 Å². The summed E-state index contributed by atoms with van der Waals surface area (Å²) >= 11 is 2.28. The Kier molecular flexibility index (Phi) is 6.40. The largest absolute Gasteiger partial charge is 0.495 e. The normalized spacial score (nSPS) is 49.4. The molecule has 1 spiro atoms. The van der Waals surface area contributed by atoms with Gasteiger partial charge in [0.05, 0.1) is 19.0 Å². The Morgan fingerprint density at radius 2 is 1.87 bits per heavy atom. The van der Waals surface area contributed by atoms with Crippen LogP contribution in [-0.2, 0) is 9.47 Å². The summed E-state index contributed by atoms with van der Waals surface area (Å²) in [5.74, 6) is 4.22. The third-order valence-electron chi connectivity index (χ3n) is 13.9. The van der Waals surface area contributed by atoms with E-state index in [4.69, 9.17) is 15.2 Å². The van der Waals surface area contributed by atoms with Gasteiger partial charge in [-0.25, -0.2) is 0 Å². The molecule has 2 heterocycles. The Hall–Kier alpha value is -0.450. The van der Waals surface area contributed by atoms with Crippen molar-refractivity contribution < 1.29 is 9.47 Å². The second-order valence-electron chi connectivity index (χ2n) is 16.0. The number of hydrogen-bond acceptors (Lipinski definition) is 4. The smallest absolute Gasteiger partial charge is 0.112 e. The van der Waals surface area contributed by atoms with Crippen LogP contribution in [0.25, 0.3) is 0 Å². The zero-order chi connectivity index (χ0) is 27.4. The molecule has 38 heavy (non-hydrogen) atoms. The summed E-state index contributed by atoms with van der Waals surface area (Å²) in [7, 11) is 0. The molecule has 6 aliphatic rings. The molecule has 4 heteroatoms. The minimum atomic E-state index is -0.263. The van der Waals surface area contributed by atoms with Gasteiger partial charge in [0.2, 0.25) is 0 Å². The molecular weight excluding hydrogens is 486 g/mol. The average molecular weight is 542 g/mol. The lowest BCUT2D eigenvalue weighted by Gasteiger charge is -2.67. The van der Waals surface area contributed by atoms with Crippen molar-refractivity contribution >= 4 is 11.8 Å². The quantitative estimate of drug-likeness (QED) is 0.345. The van der Waals surface area contributed by atoms with Crippen LogP contribution in [0.15, 0.2) is 24.0 Å².